The molecule has 0 aliphatic carbocycles. The highest BCUT2D eigenvalue weighted by Crippen LogP contribution is 2.15. The molecule has 0 radical (unpaired) electrons. The minimum absolute atomic E-state index is 0.0543. The van der Waals surface area contributed by atoms with E-state index < -0.39 is 5.97 Å². The molecule has 6 nitrogen and oxygen atoms in total. The van der Waals surface area contributed by atoms with Gasteiger partial charge in [-0.05, 0) is 40.9 Å². The molecule has 2 aromatic carbocycles. The number of hydrogen-bond acceptors (Lipinski definition) is 6. The summed E-state index contributed by atoms with van der Waals surface area (Å²) in [6.45, 7) is 1.88. The number of nitrogens with zero attached hydrogens (tertiary/aromatic N) is 2. The zero-order chi connectivity index (χ0) is 20.4. The second-order valence-corrected chi connectivity index (χ2v) is 6.31. The van der Waals surface area contributed by atoms with E-state index in [1.165, 1.54) is 14.2 Å². The largest absolute Gasteiger partial charge is 0.464 e. The molecular formula is C21H19BrN2O4. The number of benzene rings is 2. The quantitative estimate of drug-likeness (QED) is 0.294. The lowest BCUT2D eigenvalue weighted by Crippen LogP contribution is -2.19. The fraction of sp³-hybridized carbons (Fsp3) is 0.190. The summed E-state index contributed by atoms with van der Waals surface area (Å²) >= 11 is 3.45. The summed E-state index contributed by atoms with van der Waals surface area (Å²) in [6.07, 6.45) is 0. The van der Waals surface area contributed by atoms with Crippen molar-refractivity contribution in [2.24, 2.45) is 10.3 Å². The van der Waals surface area contributed by atoms with Crippen LogP contribution in [0.25, 0.3) is 0 Å². The predicted octanol–water partition coefficient (Wildman–Crippen LogP) is 3.92. The number of halogens is 1. The second kappa shape index (κ2) is 10.9. The lowest BCUT2D eigenvalue weighted by Gasteiger charge is -2.09. The molecule has 0 unspecified atom stereocenters. The zero-order valence-electron chi connectivity index (χ0n) is 15.7. The Hall–Kier alpha value is -3.11. The molecule has 0 heterocycles. The van der Waals surface area contributed by atoms with Gasteiger partial charge >= 0.3 is 5.97 Å². The molecule has 0 saturated heterocycles. The van der Waals surface area contributed by atoms with Gasteiger partial charge in [0.25, 0.3) is 0 Å². The highest BCUT2D eigenvalue weighted by atomic mass is 79.9. The van der Waals surface area contributed by atoms with Crippen molar-refractivity contribution in [3.8, 4) is 11.8 Å². The van der Waals surface area contributed by atoms with Crippen molar-refractivity contribution >= 4 is 33.3 Å². The van der Waals surface area contributed by atoms with Gasteiger partial charge in [0.15, 0.2) is 5.71 Å². The van der Waals surface area contributed by atoms with Crippen molar-refractivity contribution in [1.29, 1.82) is 0 Å². The van der Waals surface area contributed by atoms with Crippen LogP contribution in [-0.2, 0) is 25.8 Å². The van der Waals surface area contributed by atoms with Gasteiger partial charge in [0.05, 0.1) is 7.11 Å². The first-order chi connectivity index (χ1) is 13.6. The number of oxime groups is 2. The van der Waals surface area contributed by atoms with Crippen LogP contribution < -0.4 is 0 Å². The zero-order valence-corrected chi connectivity index (χ0v) is 17.3. The van der Waals surface area contributed by atoms with Crippen LogP contribution in [0.2, 0.25) is 0 Å². The van der Waals surface area contributed by atoms with E-state index in [1.54, 1.807) is 25.1 Å². The molecule has 0 fully saturated rings. The summed E-state index contributed by atoms with van der Waals surface area (Å²) in [6, 6.07) is 14.8. The average Bonchev–Trinajstić information content (AvgIpc) is 2.71. The highest BCUT2D eigenvalue weighted by molar-refractivity contribution is 9.10. The molecule has 0 N–H and O–H groups in total. The van der Waals surface area contributed by atoms with Crippen LogP contribution in [0.15, 0.2) is 63.3 Å². The number of carbonyl (C=O) groups is 1. The molecule has 7 heteroatoms. The van der Waals surface area contributed by atoms with E-state index in [4.69, 9.17) is 14.4 Å². The fourth-order valence-corrected chi connectivity index (χ4v) is 2.59. The van der Waals surface area contributed by atoms with Crippen molar-refractivity contribution in [2.75, 3.05) is 14.2 Å². The fourth-order valence-electron chi connectivity index (χ4n) is 2.20. The number of carbonyl (C=O) groups excluding carboxylic acids is 1. The number of rotatable bonds is 6. The van der Waals surface area contributed by atoms with Crippen molar-refractivity contribution in [3.63, 3.8) is 0 Å². The third kappa shape index (κ3) is 5.96. The highest BCUT2D eigenvalue weighted by Gasteiger charge is 2.19. The van der Waals surface area contributed by atoms with Crippen LogP contribution in [0.4, 0.5) is 0 Å². The van der Waals surface area contributed by atoms with Gasteiger partial charge < -0.3 is 14.4 Å². The predicted molar refractivity (Wildman–Crippen MR) is 111 cm³/mol. The summed E-state index contributed by atoms with van der Waals surface area (Å²) in [5.74, 6) is 5.36. The standard InChI is InChI=1S/C21H19BrN2O4/c1-15(12-13-16-8-5-7-11-19(16)22)23-28-14-17-9-4-6-10-18(17)20(24-27-3)21(25)26-2/h4-11H,14H2,1-3H3/b23-15+,24-20+. The summed E-state index contributed by atoms with van der Waals surface area (Å²) in [4.78, 5) is 22.1. The number of hydrogen-bond donors (Lipinski definition) is 0. The lowest BCUT2D eigenvalue weighted by atomic mass is 10.0. The van der Waals surface area contributed by atoms with Crippen LogP contribution in [0.1, 0.15) is 23.6 Å². The molecule has 28 heavy (non-hydrogen) atoms. The monoisotopic (exact) mass is 442 g/mol. The summed E-state index contributed by atoms with van der Waals surface area (Å²) in [5.41, 5.74) is 2.69. The van der Waals surface area contributed by atoms with Gasteiger partial charge in [-0.25, -0.2) is 4.79 Å². The van der Waals surface area contributed by atoms with E-state index in [0.717, 1.165) is 10.0 Å². The Labute approximate surface area is 172 Å². The number of esters is 1. The Morgan fingerprint density at radius 1 is 1.07 bits per heavy atom. The number of ether oxygens (including phenoxy) is 1. The van der Waals surface area contributed by atoms with Gasteiger partial charge in [0, 0.05) is 21.2 Å². The molecule has 0 aliphatic rings. The minimum atomic E-state index is -0.603. The van der Waals surface area contributed by atoms with Crippen molar-refractivity contribution in [3.05, 3.63) is 69.7 Å². The van der Waals surface area contributed by atoms with E-state index >= 15 is 0 Å². The Balaban J connectivity index is 2.13. The van der Waals surface area contributed by atoms with Crippen LogP contribution in [0.3, 0.4) is 0 Å². The average molecular weight is 443 g/mol. The second-order valence-electron chi connectivity index (χ2n) is 5.45. The SMILES string of the molecule is CO/N=C(/C(=O)OC)c1ccccc1CO/N=C(\C)C#Cc1ccccc1Br. The van der Waals surface area contributed by atoms with Gasteiger partial charge in [-0.15, -0.1) is 0 Å². The Kier molecular flexibility index (Phi) is 8.25. The van der Waals surface area contributed by atoms with Crippen molar-refractivity contribution in [2.45, 2.75) is 13.5 Å². The van der Waals surface area contributed by atoms with Crippen molar-refractivity contribution < 1.29 is 19.2 Å². The molecule has 0 atom stereocenters. The first-order valence-electron chi connectivity index (χ1n) is 8.27. The topological polar surface area (TPSA) is 69.5 Å². The molecule has 0 aromatic heterocycles. The van der Waals surface area contributed by atoms with Crippen LogP contribution in [-0.4, -0.2) is 31.6 Å². The number of methoxy groups -OCH3 is 1. The summed E-state index contributed by atoms with van der Waals surface area (Å²) in [5, 5.41) is 7.78. The Morgan fingerprint density at radius 3 is 2.50 bits per heavy atom. The molecule has 144 valence electrons. The molecular weight excluding hydrogens is 424 g/mol. The molecule has 0 amide bonds. The van der Waals surface area contributed by atoms with E-state index in [1.807, 2.05) is 30.3 Å². The van der Waals surface area contributed by atoms with E-state index in [0.29, 0.717) is 16.8 Å². The summed E-state index contributed by atoms with van der Waals surface area (Å²) < 4.78 is 5.68. The molecule has 2 aromatic rings. The van der Waals surface area contributed by atoms with Gasteiger partial charge in [0.2, 0.25) is 0 Å². The first kappa shape index (κ1) is 21.2. The van der Waals surface area contributed by atoms with Gasteiger partial charge in [-0.3, -0.25) is 0 Å². The van der Waals surface area contributed by atoms with Gasteiger partial charge in [-0.1, -0.05) is 52.6 Å². The van der Waals surface area contributed by atoms with E-state index in [9.17, 15) is 4.79 Å². The lowest BCUT2D eigenvalue weighted by molar-refractivity contribution is -0.132. The van der Waals surface area contributed by atoms with Crippen LogP contribution >= 0.6 is 15.9 Å². The molecule has 2 rings (SSSR count). The molecule has 0 saturated carbocycles. The smallest absolute Gasteiger partial charge is 0.360 e. The van der Waals surface area contributed by atoms with Gasteiger partial charge in [-0.2, -0.15) is 0 Å². The third-order valence-electron chi connectivity index (χ3n) is 3.51. The first-order valence-corrected chi connectivity index (χ1v) is 9.07. The Morgan fingerprint density at radius 2 is 1.79 bits per heavy atom. The van der Waals surface area contributed by atoms with Crippen molar-refractivity contribution in [1.82, 2.24) is 0 Å². The maximum atomic E-state index is 12.0. The molecule has 0 aliphatic heterocycles. The normalized spacial score (nSPS) is 11.3. The molecule has 0 bridgehead atoms. The van der Waals surface area contributed by atoms with Crippen LogP contribution in [0.5, 0.6) is 0 Å². The van der Waals surface area contributed by atoms with E-state index in [2.05, 4.69) is 38.1 Å². The summed E-state index contributed by atoms with van der Waals surface area (Å²) in [7, 11) is 2.64. The Bertz CT molecular complexity index is 958. The van der Waals surface area contributed by atoms with Gasteiger partial charge in [0.1, 0.15) is 19.4 Å². The van der Waals surface area contributed by atoms with Crippen LogP contribution in [0, 0.1) is 11.8 Å². The third-order valence-corrected chi connectivity index (χ3v) is 4.20. The van der Waals surface area contributed by atoms with E-state index in [-0.39, 0.29) is 12.3 Å². The molecule has 0 spiro atoms. The minimum Gasteiger partial charge on any atom is -0.464 e. The maximum Gasteiger partial charge on any atom is 0.360 e. The maximum absolute atomic E-state index is 12.0.